The van der Waals surface area contributed by atoms with Gasteiger partial charge in [-0.2, -0.15) is 0 Å². The van der Waals surface area contributed by atoms with Crippen molar-refractivity contribution in [3.8, 4) is 0 Å². The summed E-state index contributed by atoms with van der Waals surface area (Å²) in [5.41, 5.74) is 5.90. The summed E-state index contributed by atoms with van der Waals surface area (Å²) in [7, 11) is 0. The largest absolute Gasteiger partial charge is 0.0683 e. The molecule has 0 aromatic heterocycles. The third-order valence-electron chi connectivity index (χ3n) is 2.73. The minimum Gasteiger partial charge on any atom is -0.0683 e. The fourth-order valence-corrected chi connectivity index (χ4v) is 2.16. The molecule has 1 aromatic rings. The molecule has 0 radical (unpaired) electrons. The van der Waals surface area contributed by atoms with E-state index in [2.05, 4.69) is 45.0 Å². The molecule has 0 aliphatic heterocycles. The van der Waals surface area contributed by atoms with Gasteiger partial charge in [0.25, 0.3) is 0 Å². The molecular formula is C14H18Zr. The van der Waals surface area contributed by atoms with Gasteiger partial charge in [0.05, 0.1) is 0 Å². The van der Waals surface area contributed by atoms with Crippen molar-refractivity contribution in [2.45, 2.75) is 33.6 Å². The first kappa shape index (κ1) is 12.9. The SMILES string of the molecule is CC1=Cc2cc(CC(C)C)ccc2C1.[Zr]. The average Bonchev–Trinajstić information content (AvgIpc) is 2.42. The van der Waals surface area contributed by atoms with Crippen LogP contribution in [0.25, 0.3) is 6.08 Å². The number of allylic oxidation sites excluding steroid dienone is 1. The van der Waals surface area contributed by atoms with Crippen molar-refractivity contribution in [2.24, 2.45) is 5.92 Å². The minimum atomic E-state index is 0. The molecule has 0 atom stereocenters. The Labute approximate surface area is 112 Å². The van der Waals surface area contributed by atoms with Crippen molar-refractivity contribution in [3.63, 3.8) is 0 Å². The second-order valence-corrected chi connectivity index (χ2v) is 4.80. The van der Waals surface area contributed by atoms with Gasteiger partial charge in [0, 0.05) is 26.2 Å². The van der Waals surface area contributed by atoms with Crippen molar-refractivity contribution in [1.82, 2.24) is 0 Å². The normalized spacial score (nSPS) is 13.5. The topological polar surface area (TPSA) is 0 Å². The maximum Gasteiger partial charge on any atom is 0 e. The number of hydrogen-bond acceptors (Lipinski definition) is 0. The van der Waals surface area contributed by atoms with Crippen LogP contribution in [0.3, 0.4) is 0 Å². The van der Waals surface area contributed by atoms with Crippen molar-refractivity contribution in [1.29, 1.82) is 0 Å². The summed E-state index contributed by atoms with van der Waals surface area (Å²) in [5, 5.41) is 0. The van der Waals surface area contributed by atoms with Gasteiger partial charge in [0.2, 0.25) is 0 Å². The van der Waals surface area contributed by atoms with Gasteiger partial charge in [0.15, 0.2) is 0 Å². The van der Waals surface area contributed by atoms with Crippen LogP contribution in [0, 0.1) is 5.92 Å². The molecule has 78 valence electrons. The predicted molar refractivity (Wildman–Crippen MR) is 62.3 cm³/mol. The van der Waals surface area contributed by atoms with Gasteiger partial charge in [0.1, 0.15) is 0 Å². The molecule has 0 N–H and O–H groups in total. The smallest absolute Gasteiger partial charge is 0 e. The number of rotatable bonds is 2. The molecule has 0 saturated heterocycles. The van der Waals surface area contributed by atoms with Crippen LogP contribution in [0.4, 0.5) is 0 Å². The Kier molecular flexibility index (Phi) is 4.52. The molecule has 0 nitrogen and oxygen atoms in total. The second kappa shape index (κ2) is 5.26. The van der Waals surface area contributed by atoms with E-state index in [-0.39, 0.29) is 26.2 Å². The van der Waals surface area contributed by atoms with Crippen molar-refractivity contribution in [2.75, 3.05) is 0 Å². The van der Waals surface area contributed by atoms with Gasteiger partial charge in [-0.15, -0.1) is 0 Å². The van der Waals surface area contributed by atoms with Crippen LogP contribution in [-0.2, 0) is 39.0 Å². The third kappa shape index (κ3) is 3.15. The maximum atomic E-state index is 2.35. The standard InChI is InChI=1S/C14H18.Zr/c1-10(2)6-12-4-5-13-7-11(3)8-14(13)9-12;/h4-5,8-10H,6-7H2,1-3H3;. The zero-order valence-corrected chi connectivity index (χ0v) is 12.3. The van der Waals surface area contributed by atoms with E-state index in [9.17, 15) is 0 Å². The Morgan fingerprint density at radius 2 is 2.00 bits per heavy atom. The molecule has 0 bridgehead atoms. The van der Waals surface area contributed by atoms with E-state index < -0.39 is 0 Å². The second-order valence-electron chi connectivity index (χ2n) is 4.80. The fraction of sp³-hybridized carbons (Fsp3) is 0.429. The zero-order chi connectivity index (χ0) is 10.1. The molecule has 1 aliphatic rings. The first-order chi connectivity index (χ1) is 6.65. The number of hydrogen-bond donors (Lipinski definition) is 0. The van der Waals surface area contributed by atoms with Gasteiger partial charge in [-0.05, 0) is 42.4 Å². The van der Waals surface area contributed by atoms with Crippen molar-refractivity contribution >= 4 is 6.08 Å². The average molecular weight is 278 g/mol. The first-order valence-electron chi connectivity index (χ1n) is 5.44. The Morgan fingerprint density at radius 1 is 1.27 bits per heavy atom. The number of benzene rings is 1. The summed E-state index contributed by atoms with van der Waals surface area (Å²) in [6.45, 7) is 6.75. The first-order valence-corrected chi connectivity index (χ1v) is 5.44. The Balaban J connectivity index is 0.00000112. The van der Waals surface area contributed by atoms with E-state index in [1.54, 1.807) is 0 Å². The van der Waals surface area contributed by atoms with E-state index in [1.165, 1.54) is 28.7 Å². The monoisotopic (exact) mass is 276 g/mol. The summed E-state index contributed by atoms with van der Waals surface area (Å²) in [4.78, 5) is 0. The minimum absolute atomic E-state index is 0. The van der Waals surface area contributed by atoms with Crippen LogP contribution in [0.15, 0.2) is 23.8 Å². The fourth-order valence-electron chi connectivity index (χ4n) is 2.16. The van der Waals surface area contributed by atoms with Crippen molar-refractivity contribution in [3.05, 3.63) is 40.5 Å². The molecule has 0 unspecified atom stereocenters. The summed E-state index contributed by atoms with van der Waals surface area (Å²) < 4.78 is 0. The van der Waals surface area contributed by atoms with Crippen LogP contribution in [0.1, 0.15) is 37.5 Å². The molecule has 0 spiro atoms. The van der Waals surface area contributed by atoms with Gasteiger partial charge >= 0.3 is 0 Å². The third-order valence-corrected chi connectivity index (χ3v) is 2.73. The molecule has 0 heterocycles. The summed E-state index contributed by atoms with van der Waals surface area (Å²) >= 11 is 0. The Morgan fingerprint density at radius 3 is 2.67 bits per heavy atom. The van der Waals surface area contributed by atoms with Crippen LogP contribution in [-0.4, -0.2) is 0 Å². The zero-order valence-electron chi connectivity index (χ0n) is 9.80. The molecule has 2 rings (SSSR count). The van der Waals surface area contributed by atoms with Gasteiger partial charge in [-0.25, -0.2) is 0 Å². The Hall–Kier alpha value is -0.157. The van der Waals surface area contributed by atoms with Crippen LogP contribution in [0.5, 0.6) is 0 Å². The molecular weight excluding hydrogens is 259 g/mol. The molecule has 1 aromatic carbocycles. The summed E-state index contributed by atoms with van der Waals surface area (Å²) in [6, 6.07) is 6.93. The predicted octanol–water partition coefficient (Wildman–Crippen LogP) is 3.84. The summed E-state index contributed by atoms with van der Waals surface area (Å²) in [6.07, 6.45) is 4.66. The van der Waals surface area contributed by atoms with Gasteiger partial charge in [-0.1, -0.05) is 43.7 Å². The Bertz CT molecular complexity index is 375. The van der Waals surface area contributed by atoms with E-state index in [4.69, 9.17) is 0 Å². The molecule has 1 aliphatic carbocycles. The van der Waals surface area contributed by atoms with Crippen molar-refractivity contribution < 1.29 is 26.2 Å². The van der Waals surface area contributed by atoms with E-state index in [1.807, 2.05) is 0 Å². The summed E-state index contributed by atoms with van der Waals surface area (Å²) in [5.74, 6) is 0.750. The van der Waals surface area contributed by atoms with E-state index in [0.29, 0.717) is 0 Å². The van der Waals surface area contributed by atoms with Gasteiger partial charge in [-0.3, -0.25) is 0 Å². The van der Waals surface area contributed by atoms with Crippen LogP contribution >= 0.6 is 0 Å². The molecule has 15 heavy (non-hydrogen) atoms. The van der Waals surface area contributed by atoms with Gasteiger partial charge < -0.3 is 0 Å². The van der Waals surface area contributed by atoms with Crippen LogP contribution in [0.2, 0.25) is 0 Å². The molecule has 0 saturated carbocycles. The quantitative estimate of drug-likeness (QED) is 0.770. The molecule has 0 amide bonds. The number of fused-ring (bicyclic) bond motifs is 1. The van der Waals surface area contributed by atoms with Crippen LogP contribution < -0.4 is 0 Å². The maximum absolute atomic E-state index is 2.35. The molecule has 0 fully saturated rings. The van der Waals surface area contributed by atoms with E-state index in [0.717, 1.165) is 12.3 Å². The molecule has 1 heteroatoms. The van der Waals surface area contributed by atoms with E-state index >= 15 is 0 Å².